The van der Waals surface area contributed by atoms with E-state index in [1.165, 1.54) is 16.7 Å². The van der Waals surface area contributed by atoms with Gasteiger partial charge in [-0.2, -0.15) is 5.10 Å². The highest BCUT2D eigenvalue weighted by Gasteiger charge is 2.12. The molecule has 0 spiro atoms. The first kappa shape index (κ1) is 15.0. The first-order chi connectivity index (χ1) is 9.38. The van der Waals surface area contributed by atoms with Gasteiger partial charge in [0.2, 0.25) is 0 Å². The molecule has 1 aromatic heterocycles. The summed E-state index contributed by atoms with van der Waals surface area (Å²) in [5, 5.41) is 8.28. The van der Waals surface area contributed by atoms with E-state index in [0.717, 1.165) is 18.4 Å². The second kappa shape index (κ2) is 5.92. The Morgan fingerprint density at radius 3 is 2.30 bits per heavy atom. The standard InChI is InChI=1S/C17H21ClN2/c1-12-14(11-19-20-16(12)18)8-5-13-6-9-15(10-7-13)17(2,3)4/h6-7,9-11H,5,8H2,1-4H3. The van der Waals surface area contributed by atoms with Crippen molar-refractivity contribution in [3.05, 3.63) is 57.9 Å². The van der Waals surface area contributed by atoms with Gasteiger partial charge in [0, 0.05) is 0 Å². The minimum Gasteiger partial charge on any atom is -0.157 e. The molecule has 2 rings (SSSR count). The Labute approximate surface area is 126 Å². The van der Waals surface area contributed by atoms with Crippen molar-refractivity contribution in [3.63, 3.8) is 0 Å². The van der Waals surface area contributed by atoms with Crippen LogP contribution in [0.3, 0.4) is 0 Å². The molecule has 0 aliphatic rings. The number of aromatic nitrogens is 2. The molecule has 20 heavy (non-hydrogen) atoms. The summed E-state index contributed by atoms with van der Waals surface area (Å²) in [6.07, 6.45) is 3.74. The van der Waals surface area contributed by atoms with Crippen LogP contribution in [0, 0.1) is 6.92 Å². The molecule has 0 amide bonds. The molecule has 3 heteroatoms. The lowest BCUT2D eigenvalue weighted by molar-refractivity contribution is 0.590. The van der Waals surface area contributed by atoms with Crippen LogP contribution in [-0.4, -0.2) is 10.2 Å². The second-order valence-electron chi connectivity index (χ2n) is 6.23. The molecule has 2 nitrogen and oxygen atoms in total. The third-order valence-corrected chi connectivity index (χ3v) is 4.01. The van der Waals surface area contributed by atoms with Crippen LogP contribution >= 0.6 is 11.6 Å². The minimum absolute atomic E-state index is 0.206. The first-order valence-electron chi connectivity index (χ1n) is 6.94. The van der Waals surface area contributed by atoms with Gasteiger partial charge in [0.15, 0.2) is 5.15 Å². The number of halogens is 1. The number of aryl methyl sites for hydroxylation is 2. The predicted octanol–water partition coefficient (Wildman–Crippen LogP) is 4.52. The average Bonchev–Trinajstić information content (AvgIpc) is 2.40. The highest BCUT2D eigenvalue weighted by Crippen LogP contribution is 2.23. The summed E-state index contributed by atoms with van der Waals surface area (Å²) < 4.78 is 0. The fourth-order valence-corrected chi connectivity index (χ4v) is 2.32. The zero-order valence-electron chi connectivity index (χ0n) is 12.6. The Kier molecular flexibility index (Phi) is 4.44. The van der Waals surface area contributed by atoms with Crippen LogP contribution in [0.5, 0.6) is 0 Å². The summed E-state index contributed by atoms with van der Waals surface area (Å²) in [6, 6.07) is 8.87. The predicted molar refractivity (Wildman–Crippen MR) is 84.3 cm³/mol. The topological polar surface area (TPSA) is 25.8 Å². The van der Waals surface area contributed by atoms with E-state index in [-0.39, 0.29) is 5.41 Å². The third kappa shape index (κ3) is 3.57. The summed E-state index contributed by atoms with van der Waals surface area (Å²) >= 11 is 5.99. The summed E-state index contributed by atoms with van der Waals surface area (Å²) in [5.41, 5.74) is 5.12. The molecule has 2 aromatic rings. The van der Waals surface area contributed by atoms with E-state index in [2.05, 4.69) is 55.2 Å². The second-order valence-corrected chi connectivity index (χ2v) is 6.59. The Balaban J connectivity index is 2.06. The van der Waals surface area contributed by atoms with Crippen molar-refractivity contribution >= 4 is 11.6 Å². The lowest BCUT2D eigenvalue weighted by Gasteiger charge is -2.19. The molecule has 0 fully saturated rings. The number of benzene rings is 1. The van der Waals surface area contributed by atoms with E-state index in [1.54, 1.807) is 0 Å². The van der Waals surface area contributed by atoms with Crippen molar-refractivity contribution in [2.75, 3.05) is 0 Å². The summed E-state index contributed by atoms with van der Waals surface area (Å²) in [5.74, 6) is 0. The Morgan fingerprint density at radius 2 is 1.70 bits per heavy atom. The summed E-state index contributed by atoms with van der Waals surface area (Å²) in [6.45, 7) is 8.69. The molecule has 0 aliphatic heterocycles. The number of nitrogens with zero attached hydrogens (tertiary/aromatic N) is 2. The van der Waals surface area contributed by atoms with Gasteiger partial charge in [-0.1, -0.05) is 56.6 Å². The number of hydrogen-bond donors (Lipinski definition) is 0. The smallest absolute Gasteiger partial charge is 0.154 e. The molecule has 0 unspecified atom stereocenters. The highest BCUT2D eigenvalue weighted by atomic mass is 35.5. The number of hydrogen-bond acceptors (Lipinski definition) is 2. The fourth-order valence-electron chi connectivity index (χ4n) is 2.16. The SMILES string of the molecule is Cc1c(CCc2ccc(C(C)(C)C)cc2)cnnc1Cl. The van der Waals surface area contributed by atoms with Crippen molar-refractivity contribution in [2.45, 2.75) is 46.0 Å². The van der Waals surface area contributed by atoms with Crippen LogP contribution < -0.4 is 0 Å². The third-order valence-electron chi connectivity index (χ3n) is 3.65. The molecule has 0 saturated heterocycles. The van der Waals surface area contributed by atoms with E-state index in [9.17, 15) is 0 Å². The lowest BCUT2D eigenvalue weighted by Crippen LogP contribution is -2.10. The van der Waals surface area contributed by atoms with Crippen molar-refractivity contribution in [2.24, 2.45) is 0 Å². The summed E-state index contributed by atoms with van der Waals surface area (Å²) in [4.78, 5) is 0. The van der Waals surface area contributed by atoms with Gasteiger partial charge in [-0.15, -0.1) is 5.10 Å². The maximum absolute atomic E-state index is 5.99. The normalized spacial score (nSPS) is 11.7. The van der Waals surface area contributed by atoms with E-state index >= 15 is 0 Å². The van der Waals surface area contributed by atoms with Gasteiger partial charge in [0.1, 0.15) is 0 Å². The zero-order chi connectivity index (χ0) is 14.8. The molecule has 0 radical (unpaired) electrons. The van der Waals surface area contributed by atoms with Crippen LogP contribution in [0.15, 0.2) is 30.5 Å². The monoisotopic (exact) mass is 288 g/mol. The molecule has 0 saturated carbocycles. The van der Waals surface area contributed by atoms with Crippen molar-refractivity contribution in [3.8, 4) is 0 Å². The molecular formula is C17H21ClN2. The van der Waals surface area contributed by atoms with Gasteiger partial charge in [-0.3, -0.25) is 0 Å². The van der Waals surface area contributed by atoms with Crippen molar-refractivity contribution in [1.29, 1.82) is 0 Å². The van der Waals surface area contributed by atoms with Gasteiger partial charge in [0.25, 0.3) is 0 Å². The van der Waals surface area contributed by atoms with Gasteiger partial charge >= 0.3 is 0 Å². The van der Waals surface area contributed by atoms with E-state index in [0.29, 0.717) is 5.15 Å². The molecule has 0 N–H and O–H groups in total. The van der Waals surface area contributed by atoms with E-state index in [4.69, 9.17) is 11.6 Å². The zero-order valence-corrected chi connectivity index (χ0v) is 13.3. The molecule has 1 heterocycles. The highest BCUT2D eigenvalue weighted by molar-refractivity contribution is 6.30. The van der Waals surface area contributed by atoms with Gasteiger partial charge in [0.05, 0.1) is 6.20 Å². The lowest BCUT2D eigenvalue weighted by atomic mass is 9.86. The van der Waals surface area contributed by atoms with Gasteiger partial charge < -0.3 is 0 Å². The quantitative estimate of drug-likeness (QED) is 0.830. The Morgan fingerprint density at radius 1 is 1.05 bits per heavy atom. The van der Waals surface area contributed by atoms with E-state index < -0.39 is 0 Å². The van der Waals surface area contributed by atoms with Crippen LogP contribution in [-0.2, 0) is 18.3 Å². The Bertz CT molecular complexity index is 583. The molecule has 0 aliphatic carbocycles. The van der Waals surface area contributed by atoms with Crippen LogP contribution in [0.1, 0.15) is 43.0 Å². The molecule has 1 aromatic carbocycles. The molecular weight excluding hydrogens is 268 g/mol. The fraction of sp³-hybridized carbons (Fsp3) is 0.412. The molecule has 0 bridgehead atoms. The van der Waals surface area contributed by atoms with Crippen LogP contribution in [0.25, 0.3) is 0 Å². The van der Waals surface area contributed by atoms with Crippen LogP contribution in [0.4, 0.5) is 0 Å². The van der Waals surface area contributed by atoms with E-state index in [1.807, 2.05) is 13.1 Å². The van der Waals surface area contributed by atoms with Gasteiger partial charge in [-0.25, -0.2) is 0 Å². The minimum atomic E-state index is 0.206. The number of rotatable bonds is 3. The summed E-state index contributed by atoms with van der Waals surface area (Å²) in [7, 11) is 0. The molecule has 106 valence electrons. The largest absolute Gasteiger partial charge is 0.157 e. The molecule has 0 atom stereocenters. The maximum atomic E-state index is 5.99. The van der Waals surface area contributed by atoms with Crippen molar-refractivity contribution < 1.29 is 0 Å². The van der Waals surface area contributed by atoms with Crippen molar-refractivity contribution in [1.82, 2.24) is 10.2 Å². The average molecular weight is 289 g/mol. The Hall–Kier alpha value is -1.41. The first-order valence-corrected chi connectivity index (χ1v) is 7.32. The van der Waals surface area contributed by atoms with Gasteiger partial charge in [-0.05, 0) is 47.4 Å². The van der Waals surface area contributed by atoms with Crippen LogP contribution in [0.2, 0.25) is 5.15 Å². The maximum Gasteiger partial charge on any atom is 0.154 e.